The fourth-order valence-electron chi connectivity index (χ4n) is 1.50. The molecule has 19 heavy (non-hydrogen) atoms. The number of aliphatic carboxylic acids is 1. The molecule has 2 unspecified atom stereocenters. The van der Waals surface area contributed by atoms with E-state index in [1.165, 1.54) is 12.1 Å². The molecular weight excluding hydrogens is 248 g/mol. The zero-order chi connectivity index (χ0) is 14.4. The number of amides is 1. The summed E-state index contributed by atoms with van der Waals surface area (Å²) in [5, 5.41) is 23.5. The van der Waals surface area contributed by atoms with E-state index < -0.39 is 18.1 Å². The van der Waals surface area contributed by atoms with E-state index in [-0.39, 0.29) is 18.1 Å². The van der Waals surface area contributed by atoms with Crippen LogP contribution in [-0.4, -0.2) is 41.2 Å². The largest absolute Gasteiger partial charge is 0.508 e. The number of likely N-dealkylation sites (N-methyl/N-ethyl adjacent to an activating group) is 1. The molecule has 0 aliphatic carbocycles. The van der Waals surface area contributed by atoms with Gasteiger partial charge in [0.25, 0.3) is 0 Å². The van der Waals surface area contributed by atoms with Gasteiger partial charge in [-0.05, 0) is 31.7 Å². The number of carboxylic acid groups (broad SMARTS) is 1. The number of benzene rings is 1. The molecule has 0 heterocycles. The molecular formula is C13H18N2O4. The highest BCUT2D eigenvalue weighted by Gasteiger charge is 2.22. The van der Waals surface area contributed by atoms with Crippen LogP contribution in [0.15, 0.2) is 24.3 Å². The first-order chi connectivity index (χ1) is 8.93. The van der Waals surface area contributed by atoms with Crippen LogP contribution in [0.1, 0.15) is 12.5 Å². The number of nitrogens with one attached hydrogen (secondary N) is 2. The van der Waals surface area contributed by atoms with Gasteiger partial charge in [-0.3, -0.25) is 4.79 Å². The molecule has 1 aromatic rings. The van der Waals surface area contributed by atoms with Gasteiger partial charge < -0.3 is 20.8 Å². The lowest BCUT2D eigenvalue weighted by atomic mass is 10.1. The number of hydrogen-bond donors (Lipinski definition) is 4. The molecule has 0 fully saturated rings. The fourth-order valence-corrected chi connectivity index (χ4v) is 1.50. The molecule has 0 saturated carbocycles. The number of carbonyl (C=O) groups is 2. The number of phenols is 1. The number of aromatic hydroxyl groups is 1. The molecule has 2 atom stereocenters. The lowest BCUT2D eigenvalue weighted by Gasteiger charge is -2.17. The summed E-state index contributed by atoms with van der Waals surface area (Å²) in [4.78, 5) is 22.8. The Morgan fingerprint density at radius 2 is 1.84 bits per heavy atom. The van der Waals surface area contributed by atoms with Crippen LogP contribution in [-0.2, 0) is 16.0 Å². The van der Waals surface area contributed by atoms with Gasteiger partial charge in [-0.1, -0.05) is 12.1 Å². The zero-order valence-electron chi connectivity index (χ0n) is 10.9. The van der Waals surface area contributed by atoms with Crippen molar-refractivity contribution < 1.29 is 19.8 Å². The third kappa shape index (κ3) is 4.59. The predicted octanol–water partition coefficient (Wildman–Crippen LogP) is 0.112. The van der Waals surface area contributed by atoms with Gasteiger partial charge in [0.15, 0.2) is 0 Å². The Balaban J connectivity index is 2.71. The molecule has 4 N–H and O–H groups in total. The minimum atomic E-state index is -1.09. The van der Waals surface area contributed by atoms with Crippen molar-refractivity contribution in [1.82, 2.24) is 10.6 Å². The minimum Gasteiger partial charge on any atom is -0.508 e. The third-order valence-electron chi connectivity index (χ3n) is 2.82. The van der Waals surface area contributed by atoms with Gasteiger partial charge in [-0.25, -0.2) is 4.79 Å². The van der Waals surface area contributed by atoms with Crippen molar-refractivity contribution in [3.8, 4) is 5.75 Å². The van der Waals surface area contributed by atoms with Crippen LogP contribution < -0.4 is 10.6 Å². The first kappa shape index (κ1) is 15.0. The lowest BCUT2D eigenvalue weighted by Crippen LogP contribution is -2.49. The molecule has 0 spiro atoms. The summed E-state index contributed by atoms with van der Waals surface area (Å²) in [7, 11) is 1.62. The average Bonchev–Trinajstić information content (AvgIpc) is 2.39. The Morgan fingerprint density at radius 3 is 2.32 bits per heavy atom. The maximum absolute atomic E-state index is 11.7. The van der Waals surface area contributed by atoms with Crippen LogP contribution in [0.25, 0.3) is 0 Å². The molecule has 6 heteroatoms. The first-order valence-electron chi connectivity index (χ1n) is 5.92. The highest BCUT2D eigenvalue weighted by molar-refractivity contribution is 5.86. The second kappa shape index (κ2) is 6.75. The number of hydrogen-bond acceptors (Lipinski definition) is 4. The van der Waals surface area contributed by atoms with Crippen molar-refractivity contribution in [2.75, 3.05) is 7.05 Å². The third-order valence-corrected chi connectivity index (χ3v) is 2.82. The summed E-state index contributed by atoms with van der Waals surface area (Å²) in [6.07, 6.45) is 0.164. The van der Waals surface area contributed by atoms with E-state index in [9.17, 15) is 9.59 Å². The van der Waals surface area contributed by atoms with Crippen molar-refractivity contribution in [3.05, 3.63) is 29.8 Å². The Bertz CT molecular complexity index is 444. The van der Waals surface area contributed by atoms with Gasteiger partial charge in [0.2, 0.25) is 5.91 Å². The molecule has 1 aromatic carbocycles. The van der Waals surface area contributed by atoms with Crippen LogP contribution in [0.3, 0.4) is 0 Å². The second-order valence-electron chi connectivity index (χ2n) is 4.28. The Hall–Kier alpha value is -2.08. The number of phenolic OH excluding ortho intramolecular Hbond substituents is 1. The highest BCUT2D eigenvalue weighted by Crippen LogP contribution is 2.11. The smallest absolute Gasteiger partial charge is 0.326 e. The van der Waals surface area contributed by atoms with E-state index in [2.05, 4.69) is 10.6 Å². The fraction of sp³-hybridized carbons (Fsp3) is 0.385. The quantitative estimate of drug-likeness (QED) is 0.586. The summed E-state index contributed by atoms with van der Waals surface area (Å²) in [5.74, 6) is -1.35. The van der Waals surface area contributed by atoms with E-state index in [0.29, 0.717) is 0 Å². The van der Waals surface area contributed by atoms with Crippen LogP contribution in [0, 0.1) is 0 Å². The molecule has 6 nitrogen and oxygen atoms in total. The minimum absolute atomic E-state index is 0.114. The Labute approximate surface area is 111 Å². The Kier molecular flexibility index (Phi) is 5.32. The summed E-state index contributed by atoms with van der Waals surface area (Å²) >= 11 is 0. The molecule has 0 aromatic heterocycles. The standard InChI is InChI=1S/C13H18N2O4/c1-8(14-2)12(17)15-11(13(18)19)7-9-3-5-10(16)6-4-9/h3-6,8,11,14,16H,7H2,1-2H3,(H,15,17)(H,18,19). The predicted molar refractivity (Wildman–Crippen MR) is 69.9 cm³/mol. The molecule has 0 saturated heterocycles. The summed E-state index contributed by atoms with van der Waals surface area (Å²) in [5.41, 5.74) is 0.725. The average molecular weight is 266 g/mol. The van der Waals surface area contributed by atoms with Crippen molar-refractivity contribution >= 4 is 11.9 Å². The van der Waals surface area contributed by atoms with Crippen LogP contribution >= 0.6 is 0 Å². The van der Waals surface area contributed by atoms with E-state index in [0.717, 1.165) is 5.56 Å². The van der Waals surface area contributed by atoms with E-state index in [1.807, 2.05) is 0 Å². The lowest BCUT2D eigenvalue weighted by molar-refractivity contribution is -0.142. The molecule has 0 aliphatic rings. The molecule has 0 aliphatic heterocycles. The van der Waals surface area contributed by atoms with E-state index in [4.69, 9.17) is 10.2 Å². The number of rotatable bonds is 6. The van der Waals surface area contributed by atoms with Gasteiger partial charge in [-0.2, -0.15) is 0 Å². The number of carbonyl (C=O) groups excluding carboxylic acids is 1. The van der Waals surface area contributed by atoms with Gasteiger partial charge in [0.1, 0.15) is 11.8 Å². The number of carboxylic acids is 1. The topological polar surface area (TPSA) is 98.7 Å². The maximum atomic E-state index is 11.7. The molecule has 1 amide bonds. The second-order valence-corrected chi connectivity index (χ2v) is 4.28. The molecule has 104 valence electrons. The van der Waals surface area contributed by atoms with Crippen molar-refractivity contribution in [2.45, 2.75) is 25.4 Å². The molecule has 0 radical (unpaired) electrons. The zero-order valence-corrected chi connectivity index (χ0v) is 10.9. The first-order valence-corrected chi connectivity index (χ1v) is 5.92. The highest BCUT2D eigenvalue weighted by atomic mass is 16.4. The van der Waals surface area contributed by atoms with Gasteiger partial charge in [0, 0.05) is 6.42 Å². The van der Waals surface area contributed by atoms with Crippen LogP contribution in [0.4, 0.5) is 0 Å². The van der Waals surface area contributed by atoms with Gasteiger partial charge in [-0.15, -0.1) is 0 Å². The summed E-state index contributed by atoms with van der Waals surface area (Å²) < 4.78 is 0. The van der Waals surface area contributed by atoms with Crippen LogP contribution in [0.2, 0.25) is 0 Å². The molecule has 1 rings (SSSR count). The van der Waals surface area contributed by atoms with Crippen molar-refractivity contribution in [3.63, 3.8) is 0 Å². The molecule has 0 bridgehead atoms. The van der Waals surface area contributed by atoms with E-state index >= 15 is 0 Å². The monoisotopic (exact) mass is 266 g/mol. The normalized spacial score (nSPS) is 13.6. The summed E-state index contributed by atoms with van der Waals surface area (Å²) in [6, 6.07) is 4.76. The van der Waals surface area contributed by atoms with Gasteiger partial charge >= 0.3 is 5.97 Å². The van der Waals surface area contributed by atoms with Crippen molar-refractivity contribution in [2.24, 2.45) is 0 Å². The van der Waals surface area contributed by atoms with Crippen molar-refractivity contribution in [1.29, 1.82) is 0 Å². The summed E-state index contributed by atoms with van der Waals surface area (Å²) in [6.45, 7) is 1.65. The Morgan fingerprint density at radius 1 is 1.26 bits per heavy atom. The van der Waals surface area contributed by atoms with E-state index in [1.54, 1.807) is 26.1 Å². The van der Waals surface area contributed by atoms with Gasteiger partial charge in [0.05, 0.1) is 6.04 Å². The SMILES string of the molecule is CNC(C)C(=O)NC(Cc1ccc(O)cc1)C(=O)O. The van der Waals surface area contributed by atoms with Crippen LogP contribution in [0.5, 0.6) is 5.75 Å². The maximum Gasteiger partial charge on any atom is 0.326 e.